The van der Waals surface area contributed by atoms with Crippen molar-refractivity contribution in [2.24, 2.45) is 0 Å². The van der Waals surface area contributed by atoms with Crippen molar-refractivity contribution >= 4 is 29.5 Å². The van der Waals surface area contributed by atoms with Crippen LogP contribution in [0.2, 0.25) is 0 Å². The van der Waals surface area contributed by atoms with Gasteiger partial charge in [-0.05, 0) is 44.0 Å². The van der Waals surface area contributed by atoms with E-state index in [-0.39, 0.29) is 0 Å². The molecule has 1 atom stereocenters. The summed E-state index contributed by atoms with van der Waals surface area (Å²) in [5.74, 6) is -1.10. The van der Waals surface area contributed by atoms with Crippen molar-refractivity contribution in [1.82, 2.24) is 10.2 Å². The third kappa shape index (κ3) is 3.92. The summed E-state index contributed by atoms with van der Waals surface area (Å²) in [5.41, 5.74) is -0.361. The summed E-state index contributed by atoms with van der Waals surface area (Å²) in [6.45, 7) is 0.896. The fraction of sp³-hybridized carbons (Fsp3) is 0.474. The number of benzene rings is 1. The third-order valence-electron chi connectivity index (χ3n) is 5.03. The number of methoxy groups -OCH3 is 1. The molecule has 28 heavy (non-hydrogen) atoms. The molecule has 1 saturated carbocycles. The van der Waals surface area contributed by atoms with Crippen LogP contribution in [0, 0.1) is 0 Å². The van der Waals surface area contributed by atoms with Crippen molar-refractivity contribution in [2.75, 3.05) is 19.0 Å². The van der Waals surface area contributed by atoms with E-state index in [2.05, 4.69) is 10.6 Å². The lowest BCUT2D eigenvalue weighted by molar-refractivity contribution is -0.155. The summed E-state index contributed by atoms with van der Waals surface area (Å²) in [7, 11) is 1.54. The SMILES string of the molecule is COc1ccc(NC(=O)[C@H](C)OC(=O)CN2C(=O)NC3(CCCC3)C2=O)cc1. The Kier molecular flexibility index (Phi) is 5.53. The molecule has 1 aliphatic heterocycles. The highest BCUT2D eigenvalue weighted by molar-refractivity contribution is 6.09. The summed E-state index contributed by atoms with van der Waals surface area (Å²) in [5, 5.41) is 5.31. The fourth-order valence-electron chi connectivity index (χ4n) is 3.47. The van der Waals surface area contributed by atoms with Gasteiger partial charge in [0.15, 0.2) is 6.10 Å². The Morgan fingerprint density at radius 2 is 1.86 bits per heavy atom. The molecule has 1 heterocycles. The van der Waals surface area contributed by atoms with Crippen LogP contribution in [0.5, 0.6) is 5.75 Å². The van der Waals surface area contributed by atoms with E-state index >= 15 is 0 Å². The molecular weight excluding hydrogens is 366 g/mol. The maximum atomic E-state index is 12.5. The van der Waals surface area contributed by atoms with Crippen LogP contribution in [-0.2, 0) is 19.1 Å². The molecule has 4 amide bonds. The summed E-state index contributed by atoms with van der Waals surface area (Å²) in [4.78, 5) is 49.8. The summed E-state index contributed by atoms with van der Waals surface area (Å²) < 4.78 is 10.1. The molecule has 9 heteroatoms. The molecule has 3 rings (SSSR count). The Balaban J connectivity index is 1.53. The maximum Gasteiger partial charge on any atom is 0.327 e. The molecule has 1 spiro atoms. The number of hydrogen-bond donors (Lipinski definition) is 2. The molecule has 9 nitrogen and oxygen atoms in total. The average molecular weight is 389 g/mol. The van der Waals surface area contributed by atoms with E-state index in [1.54, 1.807) is 24.3 Å². The summed E-state index contributed by atoms with van der Waals surface area (Å²) >= 11 is 0. The molecule has 1 saturated heterocycles. The molecule has 1 aliphatic carbocycles. The van der Waals surface area contributed by atoms with Gasteiger partial charge in [-0.2, -0.15) is 0 Å². The Hall–Kier alpha value is -3.10. The van der Waals surface area contributed by atoms with E-state index < -0.39 is 42.0 Å². The minimum Gasteiger partial charge on any atom is -0.497 e. The second-order valence-corrected chi connectivity index (χ2v) is 6.96. The predicted molar refractivity (Wildman–Crippen MR) is 98.6 cm³/mol. The molecule has 2 N–H and O–H groups in total. The molecule has 0 bridgehead atoms. The molecule has 0 unspecified atom stereocenters. The van der Waals surface area contributed by atoms with Crippen molar-refractivity contribution < 1.29 is 28.7 Å². The summed E-state index contributed by atoms with van der Waals surface area (Å²) in [6, 6.07) is 6.07. The van der Waals surface area contributed by atoms with Crippen LogP contribution in [0.15, 0.2) is 24.3 Å². The number of ether oxygens (including phenoxy) is 2. The van der Waals surface area contributed by atoms with E-state index in [0.29, 0.717) is 24.3 Å². The molecule has 1 aromatic rings. The van der Waals surface area contributed by atoms with Crippen LogP contribution >= 0.6 is 0 Å². The number of nitrogens with zero attached hydrogens (tertiary/aromatic N) is 1. The van der Waals surface area contributed by atoms with Gasteiger partial charge >= 0.3 is 12.0 Å². The van der Waals surface area contributed by atoms with Gasteiger partial charge in [0.05, 0.1) is 7.11 Å². The van der Waals surface area contributed by atoms with Gasteiger partial charge in [-0.25, -0.2) is 4.79 Å². The standard InChI is InChI=1S/C19H23N3O6/c1-12(16(24)20-13-5-7-14(27-2)8-6-13)28-15(23)11-22-17(25)19(21-18(22)26)9-3-4-10-19/h5-8,12H,3-4,9-11H2,1-2H3,(H,20,24)(H,21,26)/t12-/m0/s1. The summed E-state index contributed by atoms with van der Waals surface area (Å²) in [6.07, 6.45) is 1.77. The second-order valence-electron chi connectivity index (χ2n) is 6.96. The minimum atomic E-state index is -1.09. The average Bonchev–Trinajstić information content (AvgIpc) is 3.23. The largest absolute Gasteiger partial charge is 0.497 e. The highest BCUT2D eigenvalue weighted by Crippen LogP contribution is 2.34. The molecule has 150 valence electrons. The topological polar surface area (TPSA) is 114 Å². The number of nitrogens with one attached hydrogen (secondary N) is 2. The van der Waals surface area contributed by atoms with Crippen LogP contribution < -0.4 is 15.4 Å². The zero-order chi connectivity index (χ0) is 20.3. The number of urea groups is 1. The Morgan fingerprint density at radius 3 is 2.46 bits per heavy atom. The van der Waals surface area contributed by atoms with Crippen LogP contribution in [-0.4, -0.2) is 54.0 Å². The van der Waals surface area contributed by atoms with Crippen LogP contribution in [0.25, 0.3) is 0 Å². The second kappa shape index (κ2) is 7.87. The van der Waals surface area contributed by atoms with Gasteiger partial charge in [-0.3, -0.25) is 19.3 Å². The minimum absolute atomic E-state index is 0.401. The quantitative estimate of drug-likeness (QED) is 0.562. The van der Waals surface area contributed by atoms with Gasteiger partial charge in [0.2, 0.25) is 0 Å². The van der Waals surface area contributed by atoms with E-state index in [1.807, 2.05) is 0 Å². The van der Waals surface area contributed by atoms with E-state index in [0.717, 1.165) is 17.7 Å². The van der Waals surface area contributed by atoms with Gasteiger partial charge in [-0.1, -0.05) is 12.8 Å². The zero-order valence-corrected chi connectivity index (χ0v) is 15.8. The highest BCUT2D eigenvalue weighted by atomic mass is 16.5. The first-order chi connectivity index (χ1) is 13.3. The predicted octanol–water partition coefficient (Wildman–Crippen LogP) is 1.43. The molecule has 0 aromatic heterocycles. The lowest BCUT2D eigenvalue weighted by Crippen LogP contribution is -2.44. The molecule has 2 aliphatic rings. The smallest absolute Gasteiger partial charge is 0.327 e. The van der Waals surface area contributed by atoms with E-state index in [4.69, 9.17) is 9.47 Å². The highest BCUT2D eigenvalue weighted by Gasteiger charge is 2.52. The first-order valence-corrected chi connectivity index (χ1v) is 9.13. The normalized spacial score (nSPS) is 18.7. The van der Waals surface area contributed by atoms with Crippen LogP contribution in [0.4, 0.5) is 10.5 Å². The van der Waals surface area contributed by atoms with Crippen molar-refractivity contribution in [3.8, 4) is 5.75 Å². The number of imide groups is 1. The number of esters is 1. The Bertz CT molecular complexity index is 785. The van der Waals surface area contributed by atoms with Gasteiger partial charge in [0.1, 0.15) is 17.8 Å². The number of carbonyl (C=O) groups excluding carboxylic acids is 4. The van der Waals surface area contributed by atoms with Gasteiger partial charge in [0, 0.05) is 5.69 Å². The van der Waals surface area contributed by atoms with Crippen molar-refractivity contribution in [3.63, 3.8) is 0 Å². The number of amides is 4. The van der Waals surface area contributed by atoms with Crippen molar-refractivity contribution in [3.05, 3.63) is 24.3 Å². The van der Waals surface area contributed by atoms with Crippen molar-refractivity contribution in [2.45, 2.75) is 44.2 Å². The monoisotopic (exact) mass is 389 g/mol. The lowest BCUT2D eigenvalue weighted by Gasteiger charge is -2.20. The molecule has 2 fully saturated rings. The van der Waals surface area contributed by atoms with Crippen molar-refractivity contribution in [1.29, 1.82) is 0 Å². The number of rotatable bonds is 6. The number of anilines is 1. The van der Waals surface area contributed by atoms with Crippen LogP contribution in [0.3, 0.4) is 0 Å². The van der Waals surface area contributed by atoms with Gasteiger partial charge in [0.25, 0.3) is 11.8 Å². The van der Waals surface area contributed by atoms with Gasteiger partial charge < -0.3 is 20.1 Å². The molecular formula is C19H23N3O6. The number of carbonyl (C=O) groups is 4. The van der Waals surface area contributed by atoms with Crippen LogP contribution in [0.1, 0.15) is 32.6 Å². The maximum absolute atomic E-state index is 12.5. The first kappa shape index (κ1) is 19.7. The molecule has 1 aromatic carbocycles. The van der Waals surface area contributed by atoms with E-state index in [9.17, 15) is 19.2 Å². The zero-order valence-electron chi connectivity index (χ0n) is 15.8. The lowest BCUT2D eigenvalue weighted by atomic mass is 9.98. The first-order valence-electron chi connectivity index (χ1n) is 9.13. The van der Waals surface area contributed by atoms with E-state index in [1.165, 1.54) is 14.0 Å². The number of hydrogen-bond acceptors (Lipinski definition) is 6. The Morgan fingerprint density at radius 1 is 1.21 bits per heavy atom. The molecule has 0 radical (unpaired) electrons. The fourth-order valence-corrected chi connectivity index (χ4v) is 3.47. The Labute approximate surface area is 162 Å². The third-order valence-corrected chi connectivity index (χ3v) is 5.03. The van der Waals surface area contributed by atoms with Gasteiger partial charge in [-0.15, -0.1) is 0 Å².